The molecule has 23 N–H and O–H groups in total. The van der Waals surface area contributed by atoms with Crippen molar-refractivity contribution in [2.75, 3.05) is 20.2 Å². The number of rotatable bonds is 18. The highest BCUT2D eigenvalue weighted by Gasteiger charge is 2.53. The van der Waals surface area contributed by atoms with Crippen LogP contribution in [-0.2, 0) is 66.8 Å². The maximum atomic E-state index is 16.4. The standard InChI is InChI=1S/C75H91ClN10O28/c1-28(2)16-40(79-7)66(99)85-56-58(94)33-11-15-44(39(76)18-33)110-46-20-34-19-45(62(46)114-73-63(60(96)59(95)47(27-87)111-73)113-51-25-75(6,80-26-49(92)93)65(98)30(4)108-51)109-36-12-8-31(9-13-36)61(112-50-24-74(5,78)64(97)29(3)107-50)57-71(104)84-55(72(105)106)38-21-35(88)22-43(90)52(38)37-17-32(10-14-42(37)89)53(68(101)86-57)83-69(102)54(34)82-67(100)41(23-48(77)91)81-70(56)103/h8-15,17-22,28-30,40-41,47,50-51,53-61,63-65,73,79-80,87-90,94-98H,16,23-27,78H2,1-7H3,(H2,77,91)(H,81,103)(H,82,100)(H,83,102)(H,84,104)(H,85,99)(H,86,101)(H,92,93)(H,105,106)/t29-,30-,40-,41-,47+,50-,51-,53+,54+,55+,56+,57-,58+,59+,60-,61+,63+,64-,65-,73-,74-,75-/m0/s1. The minimum atomic E-state index is -2.38. The van der Waals surface area contributed by atoms with E-state index in [0.717, 1.165) is 48.5 Å². The summed E-state index contributed by atoms with van der Waals surface area (Å²) < 4.78 is 51.8. The van der Waals surface area contributed by atoms with E-state index in [0.29, 0.717) is 0 Å². The summed E-state index contributed by atoms with van der Waals surface area (Å²) in [5.74, 6) is -17.2. The molecule has 3 fully saturated rings. The van der Waals surface area contributed by atoms with E-state index < -0.39 is 263 Å². The highest BCUT2D eigenvalue weighted by Crippen LogP contribution is 2.50. The molecule has 22 atom stereocenters. The average Bonchev–Trinajstić information content (AvgIpc) is 0.763. The number of carbonyl (C=O) groups excluding carboxylic acids is 7. The molecule has 8 aliphatic rings. The average molecular weight is 1620 g/mol. The fraction of sp³-hybridized carbons (Fsp3) is 0.480. The predicted molar refractivity (Wildman–Crippen MR) is 392 cm³/mol. The van der Waals surface area contributed by atoms with E-state index in [4.69, 9.17) is 61.0 Å². The summed E-state index contributed by atoms with van der Waals surface area (Å²) in [5, 5.41) is 145. The number of benzene rings is 5. The first-order valence-electron chi connectivity index (χ1n) is 36.3. The molecule has 8 aliphatic heterocycles. The Kier molecular flexibility index (Phi) is 25.7. The van der Waals surface area contributed by atoms with Crippen molar-refractivity contribution in [1.29, 1.82) is 0 Å². The number of aromatic hydroxyl groups is 3. The number of nitrogens with two attached hydrogens (primary N) is 2. The summed E-state index contributed by atoms with van der Waals surface area (Å²) in [6.45, 7) is 7.81. The number of ether oxygens (including phenoxy) is 8. The highest BCUT2D eigenvalue weighted by molar-refractivity contribution is 6.32. The third-order valence-corrected chi connectivity index (χ3v) is 21.0. The number of hydrogen-bond donors (Lipinski definition) is 21. The summed E-state index contributed by atoms with van der Waals surface area (Å²) in [6, 6.07) is 1.09. The third-order valence-electron chi connectivity index (χ3n) is 20.7. The van der Waals surface area contributed by atoms with Gasteiger partial charge in [-0.05, 0) is 124 Å². The van der Waals surface area contributed by atoms with Gasteiger partial charge < -0.3 is 143 Å². The molecule has 0 spiro atoms. The summed E-state index contributed by atoms with van der Waals surface area (Å²) >= 11 is 7.14. The number of carbonyl (C=O) groups is 9. The van der Waals surface area contributed by atoms with Gasteiger partial charge in [0.15, 0.2) is 36.2 Å². The number of halogens is 1. The Balaban J connectivity index is 1.18. The van der Waals surface area contributed by atoms with Crippen LogP contribution in [0.25, 0.3) is 11.1 Å². The predicted octanol–water partition coefficient (Wildman–Crippen LogP) is -0.594. The van der Waals surface area contributed by atoms with Crippen molar-refractivity contribution in [2.24, 2.45) is 17.4 Å². The van der Waals surface area contributed by atoms with Crippen molar-refractivity contribution in [3.8, 4) is 57.1 Å². The molecule has 5 aromatic rings. The molecule has 616 valence electrons. The van der Waals surface area contributed by atoms with Crippen molar-refractivity contribution < 1.29 is 137 Å². The lowest BCUT2D eigenvalue weighted by Crippen LogP contribution is -2.65. The maximum Gasteiger partial charge on any atom is 0.330 e. The van der Waals surface area contributed by atoms with Crippen LogP contribution < -0.4 is 68.2 Å². The van der Waals surface area contributed by atoms with Crippen molar-refractivity contribution in [1.82, 2.24) is 42.5 Å². The molecule has 11 bridgehead atoms. The fourth-order valence-corrected chi connectivity index (χ4v) is 14.9. The normalized spacial score (nSPS) is 31.5. The Labute approximate surface area is 655 Å². The lowest BCUT2D eigenvalue weighted by molar-refractivity contribution is -0.334. The Morgan fingerprint density at radius 1 is 0.684 bits per heavy atom. The van der Waals surface area contributed by atoms with Crippen molar-refractivity contribution in [2.45, 2.75) is 201 Å². The topological polar surface area (TPSA) is 598 Å². The monoisotopic (exact) mass is 1610 g/mol. The maximum absolute atomic E-state index is 16.4. The largest absolute Gasteiger partial charge is 0.508 e. The molecule has 5 aromatic carbocycles. The number of carboxylic acids is 2. The van der Waals surface area contributed by atoms with E-state index in [9.17, 15) is 80.1 Å². The molecular weight excluding hydrogens is 1520 g/mol. The van der Waals surface area contributed by atoms with Crippen molar-refractivity contribution >= 4 is 64.9 Å². The lowest BCUT2D eigenvalue weighted by atomic mass is 9.85. The van der Waals surface area contributed by atoms with E-state index >= 15 is 19.2 Å². The van der Waals surface area contributed by atoms with Crippen molar-refractivity contribution in [3.63, 3.8) is 0 Å². The van der Waals surface area contributed by atoms with E-state index in [-0.39, 0.29) is 58.4 Å². The second kappa shape index (κ2) is 34.5. The number of aliphatic hydroxyl groups is 6. The van der Waals surface area contributed by atoms with Crippen LogP contribution in [0, 0.1) is 5.92 Å². The summed E-state index contributed by atoms with van der Waals surface area (Å²) in [4.78, 5) is 132. The molecule has 39 heteroatoms. The van der Waals surface area contributed by atoms with Gasteiger partial charge in [0.1, 0.15) is 89.5 Å². The van der Waals surface area contributed by atoms with Gasteiger partial charge in [0, 0.05) is 46.7 Å². The van der Waals surface area contributed by atoms with Gasteiger partial charge in [0.2, 0.25) is 53.4 Å². The summed E-state index contributed by atoms with van der Waals surface area (Å²) in [6.07, 6.45) is -23.4. The van der Waals surface area contributed by atoms with Crippen LogP contribution in [0.4, 0.5) is 0 Å². The Morgan fingerprint density at radius 3 is 1.95 bits per heavy atom. The molecule has 0 saturated carbocycles. The molecule has 8 heterocycles. The van der Waals surface area contributed by atoms with Gasteiger partial charge in [0.25, 0.3) is 0 Å². The number of phenolic OH excluding ortho intramolecular Hbond substituents is 3. The van der Waals surface area contributed by atoms with E-state index in [1.54, 1.807) is 0 Å². The minimum absolute atomic E-state index is 0.0645. The zero-order chi connectivity index (χ0) is 83.0. The number of likely N-dealkylation sites (N-methyl/N-ethyl adjacent to an activating group) is 1. The molecule has 3 saturated heterocycles. The summed E-state index contributed by atoms with van der Waals surface area (Å²) in [5.41, 5.74) is 6.80. The Morgan fingerprint density at radius 2 is 1.32 bits per heavy atom. The van der Waals surface area contributed by atoms with Gasteiger partial charge in [-0.3, -0.25) is 43.7 Å². The van der Waals surface area contributed by atoms with Crippen LogP contribution in [0.2, 0.25) is 5.02 Å². The molecule has 0 aromatic heterocycles. The minimum Gasteiger partial charge on any atom is -0.508 e. The fourth-order valence-electron chi connectivity index (χ4n) is 14.6. The molecule has 0 radical (unpaired) electrons. The number of carboxylic acid groups (broad SMARTS) is 2. The summed E-state index contributed by atoms with van der Waals surface area (Å²) in [7, 11) is 1.47. The number of hydrogen-bond acceptors (Lipinski definition) is 29. The first-order valence-corrected chi connectivity index (χ1v) is 36.7. The second-order valence-electron chi connectivity index (χ2n) is 29.8. The number of primary amides is 1. The number of aliphatic hydroxyl groups excluding tert-OH is 6. The van der Waals surface area contributed by atoms with Crippen LogP contribution >= 0.6 is 11.6 Å². The Bertz CT molecular complexity index is 4500. The SMILES string of the molecule is CN[C@@H](CC(C)C)C(=O)N[C@H]1C(=O)N[C@@H](CC(N)=O)C(=O)N[C@H]2C(=O)N[C@H]3C(=O)N[C@H](C(=O)N[C@@H](C(=O)O)c4cc(O)cc(O)c4-c4cc3ccc4O)[C@H](O[C@H]3C[C@](C)(N)[C@@H](O)[C@H](C)O3)c3ccc(cc3)Oc3cc2cc(c3O[C@@H]2O[C@H](CO)[C@@H](O)[C@H](O)[C@H]2O[C@H]2C[C@](C)(NCC(=O)O)[C@@H](O)[C@H](C)O2)Oc2ccc(cc2Cl)[C@H]1O. The lowest BCUT2D eigenvalue weighted by Gasteiger charge is -2.48. The third kappa shape index (κ3) is 18.3. The van der Waals surface area contributed by atoms with Gasteiger partial charge in [-0.1, -0.05) is 49.7 Å². The number of aliphatic carboxylic acids is 2. The van der Waals surface area contributed by atoms with Gasteiger partial charge >= 0.3 is 11.9 Å². The number of nitrogens with one attached hydrogen (secondary N) is 8. The van der Waals surface area contributed by atoms with Crippen molar-refractivity contribution in [3.05, 3.63) is 118 Å². The van der Waals surface area contributed by atoms with E-state index in [2.05, 4.69) is 42.5 Å². The molecule has 13 rings (SSSR count). The first kappa shape index (κ1) is 84.8. The Hall–Kier alpha value is -10.1. The smallest absolute Gasteiger partial charge is 0.330 e. The molecule has 38 nitrogen and oxygen atoms in total. The van der Waals surface area contributed by atoms with Crippen LogP contribution in [0.1, 0.15) is 125 Å². The molecule has 0 unspecified atom stereocenters. The van der Waals surface area contributed by atoms with E-state index in [1.807, 2.05) is 13.8 Å². The zero-order valence-corrected chi connectivity index (χ0v) is 63.1. The van der Waals surface area contributed by atoms with Gasteiger partial charge in [-0.25, -0.2) is 4.79 Å². The zero-order valence-electron chi connectivity index (χ0n) is 62.3. The van der Waals surface area contributed by atoms with Crippen LogP contribution in [-0.4, -0.2) is 233 Å². The van der Waals surface area contributed by atoms with Crippen LogP contribution in [0.5, 0.6) is 46.0 Å². The number of amides is 7. The quantitative estimate of drug-likeness (QED) is 0.0521. The van der Waals surface area contributed by atoms with Gasteiger partial charge in [-0.2, -0.15) is 0 Å². The number of fused-ring (bicyclic) bond motifs is 15. The van der Waals surface area contributed by atoms with Crippen LogP contribution in [0.15, 0.2) is 84.9 Å². The molecule has 7 amide bonds. The first-order chi connectivity index (χ1) is 53.8. The van der Waals surface area contributed by atoms with Gasteiger partial charge in [0.05, 0.1) is 55.1 Å². The van der Waals surface area contributed by atoms with E-state index in [1.165, 1.54) is 71.1 Å². The highest BCUT2D eigenvalue weighted by atomic mass is 35.5. The molecule has 0 aliphatic carbocycles. The molecular formula is C75H91ClN10O28. The van der Waals surface area contributed by atoms with Gasteiger partial charge in [-0.15, -0.1) is 0 Å². The second-order valence-corrected chi connectivity index (χ2v) is 30.2. The number of phenols is 3. The van der Waals surface area contributed by atoms with Crippen LogP contribution in [0.3, 0.4) is 0 Å². The molecule has 114 heavy (non-hydrogen) atoms.